The minimum atomic E-state index is -1.60. The summed E-state index contributed by atoms with van der Waals surface area (Å²) in [5.74, 6) is 0. The first-order chi connectivity index (χ1) is 4.27. The van der Waals surface area contributed by atoms with E-state index in [1.54, 1.807) is 0 Å². The second-order valence-corrected chi connectivity index (χ2v) is 1.90. The van der Waals surface area contributed by atoms with Gasteiger partial charge in [-0.25, -0.2) is 0 Å². The lowest BCUT2D eigenvalue weighted by Gasteiger charge is -2.03. The number of ether oxygens (including phenoxy) is 1. The molecule has 56 valence electrons. The Labute approximate surface area is 55.3 Å². The van der Waals surface area contributed by atoms with Crippen LogP contribution in [0.4, 0.5) is 0 Å². The molecule has 0 rings (SSSR count). The van der Waals surface area contributed by atoms with Crippen molar-refractivity contribution in [2.45, 2.75) is 32.7 Å². The zero-order valence-electron chi connectivity index (χ0n) is 5.71. The summed E-state index contributed by atoms with van der Waals surface area (Å²) in [6.45, 7) is 0.919. The van der Waals surface area contributed by atoms with Crippen LogP contribution in [0.3, 0.4) is 0 Å². The van der Waals surface area contributed by atoms with Crippen LogP contribution in [0, 0.1) is 0 Å². The Morgan fingerprint density at radius 3 is 2.44 bits per heavy atom. The van der Waals surface area contributed by atoms with Gasteiger partial charge >= 0.3 is 0 Å². The Balaban J connectivity index is 2.75. The van der Waals surface area contributed by atoms with Crippen molar-refractivity contribution >= 4 is 0 Å². The molecule has 0 aromatic rings. The van der Waals surface area contributed by atoms with Crippen molar-refractivity contribution < 1.29 is 14.9 Å². The minimum absolute atomic E-state index is 0.436. The summed E-state index contributed by atoms with van der Waals surface area (Å²) in [4.78, 5) is 0. The lowest BCUT2D eigenvalue weighted by Crippen LogP contribution is -2.10. The second-order valence-electron chi connectivity index (χ2n) is 1.90. The molecule has 3 nitrogen and oxygen atoms in total. The summed E-state index contributed by atoms with van der Waals surface area (Å²) in [5, 5.41) is 16.4. The summed E-state index contributed by atoms with van der Waals surface area (Å²) in [6.07, 6.45) is 3.09. The number of aliphatic hydroxyl groups is 2. The Bertz CT molecular complexity index is 54.3. The molecule has 0 unspecified atom stereocenters. The van der Waals surface area contributed by atoms with Crippen LogP contribution in [0.15, 0.2) is 0 Å². The molecular formula is C6H14O3. The maximum absolute atomic E-state index is 8.19. The van der Waals surface area contributed by atoms with Crippen LogP contribution in [-0.2, 0) is 4.74 Å². The highest BCUT2D eigenvalue weighted by Gasteiger charge is 1.93. The number of hydrogen-bond donors (Lipinski definition) is 2. The summed E-state index contributed by atoms with van der Waals surface area (Å²) >= 11 is 0. The third-order valence-electron chi connectivity index (χ3n) is 1.01. The van der Waals surface area contributed by atoms with Gasteiger partial charge in [0.1, 0.15) is 0 Å². The fraction of sp³-hybridized carbons (Fsp3) is 1.00. The summed E-state index contributed by atoms with van der Waals surface area (Å²) in [7, 11) is 0. The average molecular weight is 134 g/mol. The molecule has 0 aliphatic carbocycles. The molecule has 0 bridgehead atoms. The normalized spacial score (nSPS) is 10.7. The van der Waals surface area contributed by atoms with E-state index in [0.717, 1.165) is 19.3 Å². The number of aliphatic hydroxyl groups excluding tert-OH is 1. The predicted molar refractivity (Wildman–Crippen MR) is 33.7 cm³/mol. The number of unbranched alkanes of at least 4 members (excludes halogenated alkanes) is 2. The smallest absolute Gasteiger partial charge is 0.266 e. The molecule has 0 saturated carbocycles. The average Bonchev–Trinajstić information content (AvgIpc) is 1.80. The van der Waals surface area contributed by atoms with Gasteiger partial charge in [-0.05, 0) is 6.42 Å². The van der Waals surface area contributed by atoms with Gasteiger partial charge in [0.15, 0.2) is 0 Å². The van der Waals surface area contributed by atoms with Crippen molar-refractivity contribution in [2.75, 3.05) is 6.61 Å². The van der Waals surface area contributed by atoms with Gasteiger partial charge < -0.3 is 14.9 Å². The second kappa shape index (κ2) is 6.01. The van der Waals surface area contributed by atoms with Crippen molar-refractivity contribution in [3.05, 3.63) is 0 Å². The molecule has 0 aliphatic heterocycles. The standard InChI is InChI=1S/C6H14O3/c1-2-3-4-5-9-6(7)8/h6-8H,2-5H2,1H3. The zero-order chi connectivity index (χ0) is 7.11. The van der Waals surface area contributed by atoms with Gasteiger partial charge in [-0.15, -0.1) is 0 Å². The summed E-state index contributed by atoms with van der Waals surface area (Å²) in [5.41, 5.74) is 0. The maximum Gasteiger partial charge on any atom is 0.266 e. The van der Waals surface area contributed by atoms with E-state index in [2.05, 4.69) is 11.7 Å². The molecule has 0 amide bonds. The van der Waals surface area contributed by atoms with E-state index >= 15 is 0 Å². The van der Waals surface area contributed by atoms with E-state index in [1.165, 1.54) is 0 Å². The molecular weight excluding hydrogens is 120 g/mol. The van der Waals surface area contributed by atoms with Crippen molar-refractivity contribution in [1.29, 1.82) is 0 Å². The topological polar surface area (TPSA) is 49.7 Å². The van der Waals surface area contributed by atoms with Crippen LogP contribution in [0.25, 0.3) is 0 Å². The Morgan fingerprint density at radius 2 is 2.00 bits per heavy atom. The van der Waals surface area contributed by atoms with Crippen LogP contribution in [0.2, 0.25) is 0 Å². The fourth-order valence-electron chi connectivity index (χ4n) is 0.541. The SMILES string of the molecule is CCCCCOC(O)O. The molecule has 0 aliphatic rings. The highest BCUT2D eigenvalue weighted by Crippen LogP contribution is 1.94. The van der Waals surface area contributed by atoms with Crippen molar-refractivity contribution in [3.8, 4) is 0 Å². The molecule has 0 atom stereocenters. The van der Waals surface area contributed by atoms with E-state index in [0.29, 0.717) is 6.61 Å². The highest BCUT2D eigenvalue weighted by molar-refractivity contribution is 4.34. The molecule has 0 radical (unpaired) electrons. The first-order valence-corrected chi connectivity index (χ1v) is 3.25. The van der Waals surface area contributed by atoms with Crippen LogP contribution in [0.5, 0.6) is 0 Å². The molecule has 0 saturated heterocycles. The van der Waals surface area contributed by atoms with Gasteiger partial charge in [0.25, 0.3) is 6.48 Å². The predicted octanol–water partition coefficient (Wildman–Crippen LogP) is 0.461. The summed E-state index contributed by atoms with van der Waals surface area (Å²) in [6, 6.07) is 0. The van der Waals surface area contributed by atoms with E-state index in [9.17, 15) is 0 Å². The Kier molecular flexibility index (Phi) is 5.93. The van der Waals surface area contributed by atoms with E-state index in [4.69, 9.17) is 10.2 Å². The Hall–Kier alpha value is -0.120. The van der Waals surface area contributed by atoms with E-state index < -0.39 is 6.48 Å². The van der Waals surface area contributed by atoms with Gasteiger partial charge in [-0.2, -0.15) is 0 Å². The third-order valence-corrected chi connectivity index (χ3v) is 1.01. The molecule has 9 heavy (non-hydrogen) atoms. The van der Waals surface area contributed by atoms with Gasteiger partial charge in [0, 0.05) is 0 Å². The molecule has 0 aromatic heterocycles. The minimum Gasteiger partial charge on any atom is -0.346 e. The fourth-order valence-corrected chi connectivity index (χ4v) is 0.541. The highest BCUT2D eigenvalue weighted by atomic mass is 16.7. The molecule has 0 fully saturated rings. The molecule has 0 heterocycles. The molecule has 3 heteroatoms. The van der Waals surface area contributed by atoms with Crippen LogP contribution in [-0.4, -0.2) is 23.3 Å². The van der Waals surface area contributed by atoms with Crippen LogP contribution in [0.1, 0.15) is 26.2 Å². The first-order valence-electron chi connectivity index (χ1n) is 3.25. The van der Waals surface area contributed by atoms with Crippen molar-refractivity contribution in [2.24, 2.45) is 0 Å². The van der Waals surface area contributed by atoms with Gasteiger partial charge in [0.2, 0.25) is 0 Å². The largest absolute Gasteiger partial charge is 0.346 e. The molecule has 0 spiro atoms. The van der Waals surface area contributed by atoms with Crippen molar-refractivity contribution in [3.63, 3.8) is 0 Å². The Morgan fingerprint density at radius 1 is 1.33 bits per heavy atom. The number of hydrogen-bond acceptors (Lipinski definition) is 3. The van der Waals surface area contributed by atoms with Gasteiger partial charge in [-0.3, -0.25) is 0 Å². The lowest BCUT2D eigenvalue weighted by molar-refractivity contribution is -0.234. The molecule has 2 N–H and O–H groups in total. The summed E-state index contributed by atoms with van der Waals surface area (Å²) < 4.78 is 4.46. The van der Waals surface area contributed by atoms with Gasteiger partial charge in [-0.1, -0.05) is 19.8 Å². The molecule has 0 aromatic carbocycles. The lowest BCUT2D eigenvalue weighted by atomic mass is 10.3. The third kappa shape index (κ3) is 7.88. The monoisotopic (exact) mass is 134 g/mol. The van der Waals surface area contributed by atoms with Crippen LogP contribution < -0.4 is 0 Å². The maximum atomic E-state index is 8.19. The van der Waals surface area contributed by atoms with E-state index in [-0.39, 0.29) is 0 Å². The zero-order valence-corrected chi connectivity index (χ0v) is 5.71. The number of rotatable bonds is 5. The quantitative estimate of drug-likeness (QED) is 0.424. The van der Waals surface area contributed by atoms with Crippen LogP contribution >= 0.6 is 0 Å². The van der Waals surface area contributed by atoms with Gasteiger partial charge in [0.05, 0.1) is 6.61 Å². The van der Waals surface area contributed by atoms with Crippen molar-refractivity contribution in [1.82, 2.24) is 0 Å². The first kappa shape index (κ1) is 8.88. The van der Waals surface area contributed by atoms with E-state index in [1.807, 2.05) is 0 Å².